The van der Waals surface area contributed by atoms with Crippen molar-refractivity contribution in [1.82, 2.24) is 0 Å². The van der Waals surface area contributed by atoms with Gasteiger partial charge in [-0.15, -0.1) is 0 Å². The number of hydrogen-bond donors (Lipinski definition) is 0. The largest absolute Gasteiger partial charge is 0.0654 e. The van der Waals surface area contributed by atoms with Gasteiger partial charge < -0.3 is 0 Å². The molecule has 0 aliphatic carbocycles. The van der Waals surface area contributed by atoms with Crippen LogP contribution in [0.2, 0.25) is 0 Å². The lowest BCUT2D eigenvalue weighted by molar-refractivity contribution is 0.0977. The average Bonchev–Trinajstić information content (AvgIpc) is 2.47. The van der Waals surface area contributed by atoms with Crippen LogP contribution < -0.4 is 0 Å². The summed E-state index contributed by atoms with van der Waals surface area (Å²) in [4.78, 5) is 0. The Kier molecular flexibility index (Phi) is 11.6. The minimum atomic E-state index is 0.567. The van der Waals surface area contributed by atoms with Crippen molar-refractivity contribution in [2.45, 2.75) is 112 Å². The molecule has 0 rings (SSSR count). The van der Waals surface area contributed by atoms with Gasteiger partial charge in [-0.05, 0) is 23.7 Å². The second-order valence-electron chi connectivity index (χ2n) is 7.29. The van der Waals surface area contributed by atoms with Gasteiger partial charge in [0.15, 0.2) is 0 Å². The molecule has 0 N–H and O–H groups in total. The van der Waals surface area contributed by atoms with E-state index < -0.39 is 0 Å². The van der Waals surface area contributed by atoms with Crippen LogP contribution in [0.1, 0.15) is 112 Å². The van der Waals surface area contributed by atoms with E-state index in [-0.39, 0.29) is 0 Å². The van der Waals surface area contributed by atoms with Crippen molar-refractivity contribution < 1.29 is 0 Å². The van der Waals surface area contributed by atoms with E-state index in [9.17, 15) is 0 Å². The van der Waals surface area contributed by atoms with Gasteiger partial charge >= 0.3 is 0 Å². The summed E-state index contributed by atoms with van der Waals surface area (Å²) >= 11 is 0. The molecule has 0 saturated carbocycles. The standard InChI is InChI=1S/C20H42/c1-7-11-12-13-14-15-17-18(5)19(16-8-2)20(6,9-3)10-4/h18-19H,7-17H2,1-6H3. The van der Waals surface area contributed by atoms with E-state index >= 15 is 0 Å². The molecule has 20 heavy (non-hydrogen) atoms. The van der Waals surface area contributed by atoms with E-state index in [4.69, 9.17) is 0 Å². The van der Waals surface area contributed by atoms with Crippen LogP contribution in [0.3, 0.4) is 0 Å². The molecular formula is C20H42. The van der Waals surface area contributed by atoms with Crippen molar-refractivity contribution in [3.05, 3.63) is 0 Å². The summed E-state index contributed by atoms with van der Waals surface area (Å²) in [6.07, 6.45) is 15.5. The lowest BCUT2D eigenvalue weighted by Crippen LogP contribution is -2.31. The van der Waals surface area contributed by atoms with E-state index in [1.807, 2.05) is 0 Å². The Morgan fingerprint density at radius 3 is 1.75 bits per heavy atom. The van der Waals surface area contributed by atoms with Crippen molar-refractivity contribution in [2.75, 3.05) is 0 Å². The fourth-order valence-electron chi connectivity index (χ4n) is 3.85. The molecular weight excluding hydrogens is 240 g/mol. The first-order valence-electron chi connectivity index (χ1n) is 9.55. The van der Waals surface area contributed by atoms with Crippen molar-refractivity contribution in [3.8, 4) is 0 Å². The maximum Gasteiger partial charge on any atom is -0.0300 e. The molecule has 0 spiro atoms. The highest BCUT2D eigenvalue weighted by molar-refractivity contribution is 4.83. The van der Waals surface area contributed by atoms with Crippen molar-refractivity contribution >= 4 is 0 Å². The van der Waals surface area contributed by atoms with Gasteiger partial charge in [-0.3, -0.25) is 0 Å². The Bertz CT molecular complexity index is 202. The highest BCUT2D eigenvalue weighted by atomic mass is 14.4. The SMILES string of the molecule is CCCCCCCCC(C)C(CCC)C(C)(CC)CC. The van der Waals surface area contributed by atoms with Crippen molar-refractivity contribution in [2.24, 2.45) is 17.3 Å². The molecule has 0 radical (unpaired) electrons. The number of rotatable bonds is 13. The molecule has 2 unspecified atom stereocenters. The molecule has 0 aromatic rings. The van der Waals surface area contributed by atoms with Crippen LogP contribution in [0.25, 0.3) is 0 Å². The van der Waals surface area contributed by atoms with Crippen LogP contribution in [0.4, 0.5) is 0 Å². The van der Waals surface area contributed by atoms with Crippen molar-refractivity contribution in [3.63, 3.8) is 0 Å². The summed E-state index contributed by atoms with van der Waals surface area (Å²) in [7, 11) is 0. The smallest absolute Gasteiger partial charge is 0.0300 e. The number of unbranched alkanes of at least 4 members (excludes halogenated alkanes) is 5. The maximum atomic E-state index is 2.53. The van der Waals surface area contributed by atoms with Gasteiger partial charge in [0.25, 0.3) is 0 Å². The van der Waals surface area contributed by atoms with E-state index in [1.54, 1.807) is 0 Å². The van der Waals surface area contributed by atoms with Gasteiger partial charge in [0.05, 0.1) is 0 Å². The molecule has 0 aliphatic heterocycles. The lowest BCUT2D eigenvalue weighted by Gasteiger charge is -2.40. The Hall–Kier alpha value is 0. The molecule has 0 heterocycles. The van der Waals surface area contributed by atoms with Crippen LogP contribution >= 0.6 is 0 Å². The Labute approximate surface area is 130 Å². The fraction of sp³-hybridized carbons (Fsp3) is 1.00. The monoisotopic (exact) mass is 282 g/mol. The minimum Gasteiger partial charge on any atom is -0.0654 e. The first-order chi connectivity index (χ1) is 9.55. The number of hydrogen-bond acceptors (Lipinski definition) is 0. The normalized spacial score (nSPS) is 15.3. The van der Waals surface area contributed by atoms with Crippen molar-refractivity contribution in [1.29, 1.82) is 0 Å². The third-order valence-corrected chi connectivity index (χ3v) is 5.81. The topological polar surface area (TPSA) is 0 Å². The average molecular weight is 283 g/mol. The van der Waals surface area contributed by atoms with Crippen LogP contribution in [-0.4, -0.2) is 0 Å². The predicted molar refractivity (Wildman–Crippen MR) is 94.2 cm³/mol. The zero-order valence-corrected chi connectivity index (χ0v) is 15.4. The zero-order valence-electron chi connectivity index (χ0n) is 15.4. The molecule has 0 fully saturated rings. The van der Waals surface area contributed by atoms with Crippen LogP contribution in [0.15, 0.2) is 0 Å². The first-order valence-corrected chi connectivity index (χ1v) is 9.55. The second-order valence-corrected chi connectivity index (χ2v) is 7.29. The summed E-state index contributed by atoms with van der Waals surface area (Å²) in [5.74, 6) is 1.84. The third kappa shape index (κ3) is 7.14. The molecule has 122 valence electrons. The van der Waals surface area contributed by atoms with E-state index in [1.165, 1.54) is 70.6 Å². The Morgan fingerprint density at radius 1 is 0.700 bits per heavy atom. The summed E-state index contributed by atoms with van der Waals surface area (Å²) in [6, 6.07) is 0. The quantitative estimate of drug-likeness (QED) is 0.305. The van der Waals surface area contributed by atoms with E-state index in [0.29, 0.717) is 5.41 Å². The van der Waals surface area contributed by atoms with Crippen LogP contribution in [-0.2, 0) is 0 Å². The molecule has 0 bridgehead atoms. The van der Waals surface area contributed by atoms with Gasteiger partial charge in [-0.2, -0.15) is 0 Å². The maximum absolute atomic E-state index is 2.53. The molecule has 0 aliphatic rings. The summed E-state index contributed by atoms with van der Waals surface area (Å²) in [6.45, 7) is 14.5. The van der Waals surface area contributed by atoms with Gasteiger partial charge in [0, 0.05) is 0 Å². The minimum absolute atomic E-state index is 0.567. The van der Waals surface area contributed by atoms with Gasteiger partial charge in [0.1, 0.15) is 0 Å². The molecule has 0 saturated heterocycles. The third-order valence-electron chi connectivity index (χ3n) is 5.81. The second kappa shape index (κ2) is 11.6. The lowest BCUT2D eigenvalue weighted by atomic mass is 9.65. The predicted octanol–water partition coefficient (Wildman–Crippen LogP) is 7.62. The van der Waals surface area contributed by atoms with E-state index in [0.717, 1.165) is 11.8 Å². The molecule has 0 heteroatoms. The molecule has 0 aromatic heterocycles. The fourth-order valence-corrected chi connectivity index (χ4v) is 3.85. The van der Waals surface area contributed by atoms with Gasteiger partial charge in [-0.25, -0.2) is 0 Å². The Morgan fingerprint density at radius 2 is 1.25 bits per heavy atom. The molecule has 0 aromatic carbocycles. The van der Waals surface area contributed by atoms with Gasteiger partial charge in [-0.1, -0.05) is 106 Å². The highest BCUT2D eigenvalue weighted by Gasteiger charge is 2.33. The first kappa shape index (κ1) is 20.0. The molecule has 0 nitrogen and oxygen atoms in total. The summed E-state index contributed by atoms with van der Waals surface area (Å²) < 4.78 is 0. The summed E-state index contributed by atoms with van der Waals surface area (Å²) in [5.41, 5.74) is 0.567. The van der Waals surface area contributed by atoms with E-state index in [2.05, 4.69) is 41.5 Å². The van der Waals surface area contributed by atoms with Crippen LogP contribution in [0.5, 0.6) is 0 Å². The molecule has 2 atom stereocenters. The highest BCUT2D eigenvalue weighted by Crippen LogP contribution is 2.43. The van der Waals surface area contributed by atoms with Gasteiger partial charge in [0.2, 0.25) is 0 Å². The molecule has 0 amide bonds. The zero-order chi connectivity index (χ0) is 15.4. The Balaban J connectivity index is 4.19. The van der Waals surface area contributed by atoms with Crippen LogP contribution in [0, 0.1) is 17.3 Å². The summed E-state index contributed by atoms with van der Waals surface area (Å²) in [5, 5.41) is 0.